The van der Waals surface area contributed by atoms with Crippen molar-refractivity contribution in [1.82, 2.24) is 15.1 Å². The summed E-state index contributed by atoms with van der Waals surface area (Å²) < 4.78 is 1.85. The molecule has 0 spiro atoms. The van der Waals surface area contributed by atoms with Gasteiger partial charge in [0.1, 0.15) is 0 Å². The molecular weight excluding hydrogens is 306 g/mol. The molecule has 3 rings (SSSR count). The first-order valence-corrected chi connectivity index (χ1v) is 8.44. The summed E-state index contributed by atoms with van der Waals surface area (Å²) >= 11 is 1.67. The number of thiophene rings is 1. The number of para-hydroxylation sites is 1. The molecule has 1 aromatic carbocycles. The molecule has 0 saturated carbocycles. The van der Waals surface area contributed by atoms with Crippen LogP contribution in [0.2, 0.25) is 0 Å². The maximum Gasteiger partial charge on any atom is 0.225 e. The first-order chi connectivity index (χ1) is 11.2. The van der Waals surface area contributed by atoms with Gasteiger partial charge < -0.3 is 5.32 Å². The number of rotatable bonds is 6. The van der Waals surface area contributed by atoms with Crippen LogP contribution in [0.4, 0.5) is 0 Å². The van der Waals surface area contributed by atoms with Crippen molar-refractivity contribution in [1.29, 1.82) is 0 Å². The minimum Gasteiger partial charge on any atom is -0.355 e. The van der Waals surface area contributed by atoms with Crippen LogP contribution in [-0.2, 0) is 17.6 Å². The van der Waals surface area contributed by atoms with E-state index in [0.29, 0.717) is 13.0 Å². The van der Waals surface area contributed by atoms with Crippen LogP contribution in [-0.4, -0.2) is 22.2 Å². The van der Waals surface area contributed by atoms with E-state index in [1.807, 2.05) is 59.4 Å². The van der Waals surface area contributed by atoms with Gasteiger partial charge in [-0.05, 0) is 37.3 Å². The van der Waals surface area contributed by atoms with Crippen LogP contribution in [0.5, 0.6) is 0 Å². The molecular formula is C18H19N3OS. The maximum atomic E-state index is 11.9. The van der Waals surface area contributed by atoms with E-state index in [0.717, 1.165) is 22.7 Å². The van der Waals surface area contributed by atoms with Crippen molar-refractivity contribution in [3.63, 3.8) is 0 Å². The lowest BCUT2D eigenvalue weighted by molar-refractivity contribution is -0.120. The topological polar surface area (TPSA) is 46.9 Å². The smallest absolute Gasteiger partial charge is 0.225 e. The Morgan fingerprint density at radius 2 is 2.00 bits per heavy atom. The van der Waals surface area contributed by atoms with Crippen LogP contribution in [0.15, 0.2) is 54.7 Å². The van der Waals surface area contributed by atoms with Crippen LogP contribution in [0.3, 0.4) is 0 Å². The van der Waals surface area contributed by atoms with Gasteiger partial charge in [-0.1, -0.05) is 18.2 Å². The number of benzene rings is 1. The van der Waals surface area contributed by atoms with Crippen LogP contribution >= 0.6 is 11.3 Å². The molecule has 4 nitrogen and oxygen atoms in total. The summed E-state index contributed by atoms with van der Waals surface area (Å²) in [6, 6.07) is 16.0. The SMILES string of the molecule is Cc1ccc(CC(=O)NCCc2ccn(-c3ccccc3)n2)s1. The van der Waals surface area contributed by atoms with Crippen molar-refractivity contribution in [3.05, 3.63) is 70.2 Å². The Morgan fingerprint density at radius 3 is 2.74 bits per heavy atom. The molecule has 1 N–H and O–H groups in total. The fourth-order valence-corrected chi connectivity index (χ4v) is 3.24. The average Bonchev–Trinajstić information content (AvgIpc) is 3.17. The van der Waals surface area contributed by atoms with Crippen molar-refractivity contribution in [3.8, 4) is 5.69 Å². The second-order valence-corrected chi connectivity index (χ2v) is 6.75. The van der Waals surface area contributed by atoms with Gasteiger partial charge in [0.15, 0.2) is 0 Å². The van der Waals surface area contributed by atoms with Gasteiger partial charge >= 0.3 is 0 Å². The minimum atomic E-state index is 0.0642. The predicted molar refractivity (Wildman–Crippen MR) is 93.0 cm³/mol. The van der Waals surface area contributed by atoms with Gasteiger partial charge in [0, 0.05) is 28.9 Å². The summed E-state index contributed by atoms with van der Waals surface area (Å²) in [5.74, 6) is 0.0642. The van der Waals surface area contributed by atoms with Crippen LogP contribution < -0.4 is 5.32 Å². The minimum absolute atomic E-state index is 0.0642. The predicted octanol–water partition coefficient (Wildman–Crippen LogP) is 3.14. The van der Waals surface area contributed by atoms with Crippen LogP contribution in [0.1, 0.15) is 15.4 Å². The summed E-state index contributed by atoms with van der Waals surface area (Å²) in [6.07, 6.45) is 3.13. The number of amides is 1. The molecule has 2 aromatic heterocycles. The van der Waals surface area contributed by atoms with E-state index in [4.69, 9.17) is 0 Å². The Balaban J connectivity index is 1.47. The number of hydrogen-bond donors (Lipinski definition) is 1. The molecule has 0 radical (unpaired) electrons. The first kappa shape index (κ1) is 15.5. The number of nitrogens with one attached hydrogen (secondary N) is 1. The van der Waals surface area contributed by atoms with Crippen molar-refractivity contribution < 1.29 is 4.79 Å². The third kappa shape index (κ3) is 4.29. The Morgan fingerprint density at radius 1 is 1.17 bits per heavy atom. The molecule has 0 atom stereocenters. The third-order valence-electron chi connectivity index (χ3n) is 3.50. The fraction of sp³-hybridized carbons (Fsp3) is 0.222. The van der Waals surface area contributed by atoms with E-state index < -0.39 is 0 Å². The van der Waals surface area contributed by atoms with Gasteiger partial charge in [-0.2, -0.15) is 5.10 Å². The van der Waals surface area contributed by atoms with Crippen LogP contribution in [0, 0.1) is 6.92 Å². The van der Waals surface area contributed by atoms with E-state index >= 15 is 0 Å². The molecule has 0 fully saturated rings. The number of carbonyl (C=O) groups excluding carboxylic acids is 1. The summed E-state index contributed by atoms with van der Waals surface area (Å²) in [5, 5.41) is 7.49. The van der Waals surface area contributed by atoms with E-state index in [2.05, 4.69) is 17.3 Å². The molecule has 118 valence electrons. The molecule has 0 unspecified atom stereocenters. The molecule has 0 aliphatic carbocycles. The molecule has 3 aromatic rings. The highest BCUT2D eigenvalue weighted by molar-refractivity contribution is 7.12. The lowest BCUT2D eigenvalue weighted by Gasteiger charge is -2.03. The highest BCUT2D eigenvalue weighted by atomic mass is 32.1. The summed E-state index contributed by atoms with van der Waals surface area (Å²) in [7, 11) is 0. The Hall–Kier alpha value is -2.40. The lowest BCUT2D eigenvalue weighted by atomic mass is 10.3. The van der Waals surface area contributed by atoms with E-state index in [-0.39, 0.29) is 5.91 Å². The second-order valence-electron chi connectivity index (χ2n) is 5.38. The van der Waals surface area contributed by atoms with Gasteiger partial charge in [-0.15, -0.1) is 11.3 Å². The van der Waals surface area contributed by atoms with Crippen LogP contribution in [0.25, 0.3) is 5.69 Å². The van der Waals surface area contributed by atoms with Gasteiger partial charge in [0.2, 0.25) is 5.91 Å². The summed E-state index contributed by atoms with van der Waals surface area (Å²) in [6.45, 7) is 2.66. The standard InChI is InChI=1S/C18H19N3OS/c1-14-7-8-17(23-14)13-18(22)19-11-9-15-10-12-21(20-15)16-5-3-2-4-6-16/h2-8,10,12H,9,11,13H2,1H3,(H,19,22). The Kier molecular flexibility index (Phi) is 4.88. The van der Waals surface area contributed by atoms with Gasteiger partial charge in [0.25, 0.3) is 0 Å². The number of nitrogens with zero attached hydrogens (tertiary/aromatic N) is 2. The summed E-state index contributed by atoms with van der Waals surface area (Å²) in [4.78, 5) is 14.2. The largest absolute Gasteiger partial charge is 0.355 e. The summed E-state index contributed by atoms with van der Waals surface area (Å²) in [5.41, 5.74) is 2.01. The monoisotopic (exact) mass is 325 g/mol. The zero-order valence-electron chi connectivity index (χ0n) is 13.0. The molecule has 0 saturated heterocycles. The number of aryl methyl sites for hydroxylation is 1. The molecule has 1 amide bonds. The first-order valence-electron chi connectivity index (χ1n) is 7.63. The molecule has 5 heteroatoms. The maximum absolute atomic E-state index is 11.9. The Bertz CT molecular complexity index is 776. The van der Waals surface area contributed by atoms with Gasteiger partial charge in [0.05, 0.1) is 17.8 Å². The normalized spacial score (nSPS) is 10.7. The van der Waals surface area contributed by atoms with E-state index in [1.54, 1.807) is 11.3 Å². The molecule has 0 bridgehead atoms. The average molecular weight is 325 g/mol. The second kappa shape index (κ2) is 7.24. The van der Waals surface area contributed by atoms with Gasteiger partial charge in [-0.3, -0.25) is 4.79 Å². The zero-order chi connectivity index (χ0) is 16.1. The van der Waals surface area contributed by atoms with Gasteiger partial charge in [-0.25, -0.2) is 4.68 Å². The molecule has 0 aliphatic rings. The molecule has 23 heavy (non-hydrogen) atoms. The van der Waals surface area contributed by atoms with Crippen molar-refractivity contribution in [2.24, 2.45) is 0 Å². The highest BCUT2D eigenvalue weighted by Gasteiger charge is 2.06. The molecule has 2 heterocycles. The van der Waals surface area contributed by atoms with Crippen molar-refractivity contribution in [2.45, 2.75) is 19.8 Å². The fourth-order valence-electron chi connectivity index (χ4n) is 2.35. The molecule has 0 aliphatic heterocycles. The lowest BCUT2D eigenvalue weighted by Crippen LogP contribution is -2.27. The van der Waals surface area contributed by atoms with E-state index in [1.165, 1.54) is 4.88 Å². The van der Waals surface area contributed by atoms with Crippen molar-refractivity contribution in [2.75, 3.05) is 6.54 Å². The highest BCUT2D eigenvalue weighted by Crippen LogP contribution is 2.15. The quantitative estimate of drug-likeness (QED) is 0.757. The third-order valence-corrected chi connectivity index (χ3v) is 4.50. The number of carbonyl (C=O) groups is 1. The number of hydrogen-bond acceptors (Lipinski definition) is 3. The number of aromatic nitrogens is 2. The van der Waals surface area contributed by atoms with E-state index in [9.17, 15) is 4.79 Å². The Labute approximate surface area is 139 Å². The van der Waals surface area contributed by atoms with Crippen molar-refractivity contribution >= 4 is 17.2 Å². The zero-order valence-corrected chi connectivity index (χ0v) is 13.8.